The molecule has 109 heavy (non-hydrogen) atoms. The third-order valence-electron chi connectivity index (χ3n) is 19.6. The Morgan fingerprint density at radius 1 is 0.376 bits per heavy atom. The van der Waals surface area contributed by atoms with Gasteiger partial charge in [0.15, 0.2) is 0 Å². The van der Waals surface area contributed by atoms with Crippen LogP contribution in [0.15, 0.2) is 103 Å². The Balaban J connectivity index is 0.000000168. The van der Waals surface area contributed by atoms with E-state index in [4.69, 9.17) is 37.9 Å². The standard InChI is InChI=1S/C20H21IO8S.C20H23IO7S.C16H19IO7S.C16H13IO7S/c21-14-1-2-15(18(23)28-3-4-30(25,26)27)16(7-14)29-19(24)20-8-11-5-12(9-20)17(22)13(6-11)10-20;21-15-1-2-16(18(22)27-3-4-29(24,25)26)17(8-15)28-19(23)20-9-12-5-13(10-20)7-14(6-12)11-20;2*17-12-6-7-13(16(19)23-8-9-25(20,21)22)14(10-12)24-15(18)11-4-2-1-3-5-11/h1-2,7,11-13H,3-6,8-10H2,(H,25,26,27);1-2,8,12-14H,3-7,9-11H2,(H,24,25,26);6-7,10-11H,1-5,8-9H2,(H,20,21,22);1-7,10H,8-9H2,(H,20,21,22)/p-4. The predicted molar refractivity (Wildman–Crippen MR) is 413 cm³/mol. The first-order valence-corrected chi connectivity index (χ1v) is 44.9. The minimum Gasteiger partial charge on any atom is -0.748 e. The fourth-order valence-corrected chi connectivity index (χ4v) is 18.3. The molecule has 590 valence electrons. The second kappa shape index (κ2) is 37.8. The van der Waals surface area contributed by atoms with E-state index >= 15 is 0 Å². The maximum Gasteiger partial charge on any atom is 0.343 e. The highest BCUT2D eigenvalue weighted by Gasteiger charge is 2.60. The normalized spacial score (nSPS) is 22.3. The lowest BCUT2D eigenvalue weighted by atomic mass is 9.49. The summed E-state index contributed by atoms with van der Waals surface area (Å²) < 4.78 is 172. The van der Waals surface area contributed by atoms with E-state index in [1.54, 1.807) is 66.7 Å². The van der Waals surface area contributed by atoms with Crippen molar-refractivity contribution in [1.82, 2.24) is 0 Å². The first-order chi connectivity index (χ1) is 51.2. The molecule has 5 aromatic carbocycles. The van der Waals surface area contributed by atoms with Crippen LogP contribution in [0.3, 0.4) is 0 Å². The second-order valence-electron chi connectivity index (χ2n) is 27.7. The number of hydrogen-bond acceptors (Lipinski definition) is 29. The van der Waals surface area contributed by atoms with E-state index in [1.807, 2.05) is 67.8 Å². The number of esters is 8. The summed E-state index contributed by atoms with van der Waals surface area (Å²) >= 11 is 8.08. The molecule has 37 heteroatoms. The number of hydrogen-bond donors (Lipinski definition) is 0. The average Bonchev–Trinajstić information content (AvgIpc) is 0.734. The summed E-state index contributed by atoms with van der Waals surface area (Å²) in [5.74, 6) is -6.22. The quantitative estimate of drug-likeness (QED) is 0.0182. The van der Waals surface area contributed by atoms with Crippen LogP contribution in [0.5, 0.6) is 23.0 Å². The molecule has 2 atom stereocenters. The molecule has 0 saturated heterocycles. The number of Topliss-reactive ketones (excluding diaryl/α,β-unsaturated/α-hetero) is 1. The second-order valence-corrected chi connectivity index (χ2v) is 38.7. The number of ketones is 1. The molecule has 8 bridgehead atoms. The number of rotatable bonds is 24. The minimum atomic E-state index is -4.51. The van der Waals surface area contributed by atoms with Crippen LogP contribution in [-0.2, 0) is 78.6 Å². The van der Waals surface area contributed by atoms with Crippen molar-refractivity contribution in [2.24, 2.45) is 52.3 Å². The van der Waals surface area contributed by atoms with Crippen LogP contribution in [0.4, 0.5) is 0 Å². The highest BCUT2D eigenvalue weighted by atomic mass is 127. The highest BCUT2D eigenvalue weighted by Crippen LogP contribution is 2.61. The third kappa shape index (κ3) is 25.5. The third-order valence-corrected chi connectivity index (χ3v) is 24.9. The molecule has 9 saturated carbocycles. The van der Waals surface area contributed by atoms with Gasteiger partial charge >= 0.3 is 47.8 Å². The Hall–Kier alpha value is -5.91. The molecule has 0 amide bonds. The fraction of sp³-hybridized carbons (Fsp3) is 0.458. The van der Waals surface area contributed by atoms with Gasteiger partial charge in [0.25, 0.3) is 0 Å². The Morgan fingerprint density at radius 2 is 0.679 bits per heavy atom. The molecule has 0 heterocycles. The van der Waals surface area contributed by atoms with Crippen LogP contribution < -0.4 is 18.9 Å². The summed E-state index contributed by atoms with van der Waals surface area (Å²) in [6.07, 6.45) is 14.1. The zero-order valence-electron chi connectivity index (χ0n) is 57.8. The lowest BCUT2D eigenvalue weighted by Gasteiger charge is -2.55. The van der Waals surface area contributed by atoms with Crippen LogP contribution in [0.1, 0.15) is 155 Å². The van der Waals surface area contributed by atoms with Crippen molar-refractivity contribution in [3.8, 4) is 23.0 Å². The highest BCUT2D eigenvalue weighted by molar-refractivity contribution is 14.1. The van der Waals surface area contributed by atoms with Gasteiger partial charge in [0, 0.05) is 26.1 Å². The van der Waals surface area contributed by atoms with Crippen molar-refractivity contribution in [1.29, 1.82) is 0 Å². The summed E-state index contributed by atoms with van der Waals surface area (Å²) in [5.41, 5.74) is -0.865. The molecule has 0 N–H and O–H groups in total. The molecule has 9 fully saturated rings. The summed E-state index contributed by atoms with van der Waals surface area (Å²) in [7, 11) is -17.9. The maximum atomic E-state index is 13.2. The van der Waals surface area contributed by atoms with E-state index < -0.39 is 137 Å². The minimum absolute atomic E-state index is 0.0178. The van der Waals surface area contributed by atoms with Gasteiger partial charge in [-0.15, -0.1) is 0 Å². The molecule has 9 aliphatic carbocycles. The number of carbonyl (C=O) groups is 9. The van der Waals surface area contributed by atoms with Crippen LogP contribution in [-0.4, -0.2) is 155 Å². The average molecular weight is 2040 g/mol. The summed E-state index contributed by atoms with van der Waals surface area (Å²) in [5, 5.41) is 0. The largest absolute Gasteiger partial charge is 0.748 e. The molecular weight excluding hydrogens is 1960 g/mol. The topological polar surface area (TPSA) is 456 Å². The van der Waals surface area contributed by atoms with Gasteiger partial charge in [0.1, 0.15) is 77.5 Å². The monoisotopic (exact) mass is 2040 g/mol. The van der Waals surface area contributed by atoms with E-state index in [1.165, 1.54) is 55.7 Å². The molecule has 0 spiro atoms. The molecule has 0 aromatic heterocycles. The van der Waals surface area contributed by atoms with E-state index in [-0.39, 0.29) is 80.7 Å². The van der Waals surface area contributed by atoms with Crippen molar-refractivity contribution in [2.75, 3.05) is 49.4 Å². The zero-order valence-corrected chi connectivity index (χ0v) is 69.7. The first-order valence-electron chi connectivity index (χ1n) is 34.3. The SMILES string of the molecule is O=C(OCCS(=O)(=O)[O-])c1ccc(I)cc1OC(=O)C12CC3CC(C1)C(=O)C(C3)C2.O=C(OCCS(=O)(=O)[O-])c1ccc(I)cc1OC(=O)C12CC3CC(CC(C3)C1)C2.O=C(OCCS(=O)(=O)[O-])c1ccc(I)cc1OC(=O)C1CCCCC1.O=C(Oc1cc(I)ccc1C(=O)OCCS(=O)(=O)[O-])c1ccccc1. The Bertz CT molecular complexity index is 4710. The van der Waals surface area contributed by atoms with Crippen molar-refractivity contribution in [2.45, 2.75) is 103 Å². The Morgan fingerprint density at radius 3 is 1.01 bits per heavy atom. The summed E-state index contributed by atoms with van der Waals surface area (Å²) in [4.78, 5) is 112. The fourth-order valence-electron chi connectivity index (χ4n) is 15.3. The summed E-state index contributed by atoms with van der Waals surface area (Å²) in [6, 6.07) is 26.6. The first kappa shape index (κ1) is 87.1. The number of ether oxygens (including phenoxy) is 8. The van der Waals surface area contributed by atoms with E-state index in [0.29, 0.717) is 52.1 Å². The van der Waals surface area contributed by atoms with Crippen molar-refractivity contribution < 1.29 is 133 Å². The van der Waals surface area contributed by atoms with E-state index in [9.17, 15) is 95.0 Å². The smallest absolute Gasteiger partial charge is 0.343 e. The lowest BCUT2D eigenvalue weighted by molar-refractivity contribution is -0.167. The molecular formula is C72H72I4O29S4-4. The van der Waals surface area contributed by atoms with Crippen molar-refractivity contribution >= 4 is 184 Å². The summed E-state index contributed by atoms with van der Waals surface area (Å²) in [6.45, 7) is -2.25. The van der Waals surface area contributed by atoms with Gasteiger partial charge in [0.05, 0.1) is 85.8 Å². The van der Waals surface area contributed by atoms with Gasteiger partial charge in [-0.3, -0.25) is 19.2 Å². The maximum absolute atomic E-state index is 13.2. The van der Waals surface area contributed by atoms with Gasteiger partial charge in [-0.25, -0.2) is 57.6 Å². The number of carbonyl (C=O) groups excluding carboxylic acids is 9. The van der Waals surface area contributed by atoms with Gasteiger partial charge in [-0.2, -0.15) is 0 Å². The Kier molecular flexibility index (Phi) is 30.2. The van der Waals surface area contributed by atoms with Gasteiger partial charge < -0.3 is 56.1 Å². The van der Waals surface area contributed by atoms with Gasteiger partial charge in [-0.05, 0) is 282 Å². The van der Waals surface area contributed by atoms with Crippen LogP contribution >= 0.6 is 90.4 Å². The van der Waals surface area contributed by atoms with Crippen molar-refractivity contribution in [3.63, 3.8) is 0 Å². The molecule has 9 aliphatic rings. The van der Waals surface area contributed by atoms with Gasteiger partial charge in [-0.1, -0.05) is 37.5 Å². The van der Waals surface area contributed by atoms with Crippen molar-refractivity contribution in [3.05, 3.63) is 145 Å². The Labute approximate surface area is 683 Å². The zero-order chi connectivity index (χ0) is 79.4. The van der Waals surface area contributed by atoms with Crippen LogP contribution in [0.25, 0.3) is 0 Å². The molecule has 0 aliphatic heterocycles. The molecule has 5 aromatic rings. The molecule has 2 unspecified atom stereocenters. The van der Waals surface area contributed by atoms with E-state index in [2.05, 4.69) is 22.6 Å². The number of benzene rings is 5. The number of halogens is 4. The van der Waals surface area contributed by atoms with Gasteiger partial charge in [0.2, 0.25) is 0 Å². The predicted octanol–water partition coefficient (Wildman–Crippen LogP) is 10.1. The van der Waals surface area contributed by atoms with Crippen LogP contribution in [0.2, 0.25) is 0 Å². The van der Waals surface area contributed by atoms with E-state index in [0.717, 1.165) is 74.9 Å². The molecule has 14 rings (SSSR count). The lowest BCUT2D eigenvalue weighted by Crippen LogP contribution is -2.55. The van der Waals surface area contributed by atoms with Crippen LogP contribution in [0, 0.1) is 66.5 Å². The molecule has 29 nitrogen and oxygen atoms in total. The molecule has 0 radical (unpaired) electrons.